The van der Waals surface area contributed by atoms with E-state index in [4.69, 9.17) is 27.9 Å². The van der Waals surface area contributed by atoms with Crippen LogP contribution in [0.2, 0.25) is 10.0 Å². The van der Waals surface area contributed by atoms with Crippen LogP contribution in [-0.2, 0) is 32.6 Å². The number of hydrogen-bond acceptors (Lipinski definition) is 5. The number of amides is 2. The van der Waals surface area contributed by atoms with E-state index in [2.05, 4.69) is 5.32 Å². The van der Waals surface area contributed by atoms with Gasteiger partial charge in [0.25, 0.3) is 10.0 Å². The number of nitrogens with zero attached hydrogens (tertiary/aromatic N) is 2. The predicted octanol–water partition coefficient (Wildman–Crippen LogP) is 6.75. The second-order valence-corrected chi connectivity index (χ2v) is 13.2. The van der Waals surface area contributed by atoms with Crippen LogP contribution in [0, 0.1) is 0 Å². The van der Waals surface area contributed by atoms with Crippen LogP contribution in [0.5, 0.6) is 5.75 Å². The number of carbonyl (C=O) groups excluding carboxylic acids is 2. The Kier molecular flexibility index (Phi) is 12.5. The molecule has 2 amide bonds. The van der Waals surface area contributed by atoms with Crippen molar-refractivity contribution in [3.05, 3.63) is 124 Å². The van der Waals surface area contributed by atoms with Crippen LogP contribution >= 0.6 is 23.2 Å². The number of benzene rings is 4. The van der Waals surface area contributed by atoms with Crippen LogP contribution < -0.4 is 14.4 Å². The van der Waals surface area contributed by atoms with Gasteiger partial charge in [-0.3, -0.25) is 13.9 Å². The molecule has 0 aliphatic rings. The van der Waals surface area contributed by atoms with Gasteiger partial charge >= 0.3 is 0 Å². The highest BCUT2D eigenvalue weighted by Gasteiger charge is 2.35. The summed E-state index contributed by atoms with van der Waals surface area (Å²) in [5.41, 5.74) is 1.71. The highest BCUT2D eigenvalue weighted by Crippen LogP contribution is 2.33. The molecule has 0 unspecified atom stereocenters. The maximum Gasteiger partial charge on any atom is 0.264 e. The number of sulfonamides is 1. The zero-order valence-corrected chi connectivity index (χ0v) is 28.1. The molecule has 0 heterocycles. The van der Waals surface area contributed by atoms with Crippen molar-refractivity contribution in [2.24, 2.45) is 0 Å². The van der Waals surface area contributed by atoms with Crippen molar-refractivity contribution in [1.29, 1.82) is 0 Å². The van der Waals surface area contributed by atoms with E-state index in [9.17, 15) is 18.0 Å². The number of hydrogen-bond donors (Lipinski definition) is 1. The van der Waals surface area contributed by atoms with E-state index in [1.54, 1.807) is 49.4 Å². The lowest BCUT2D eigenvalue weighted by molar-refractivity contribution is -0.140. The summed E-state index contributed by atoms with van der Waals surface area (Å²) < 4.78 is 35.3. The van der Waals surface area contributed by atoms with Gasteiger partial charge in [0.1, 0.15) is 18.3 Å². The maximum absolute atomic E-state index is 14.6. The minimum absolute atomic E-state index is 0.0123. The van der Waals surface area contributed by atoms with Crippen LogP contribution in [0.1, 0.15) is 31.4 Å². The first-order valence-corrected chi connectivity index (χ1v) is 17.2. The number of halogens is 2. The third kappa shape index (κ3) is 9.02. The lowest BCUT2D eigenvalue weighted by atomic mass is 10.0. The fourth-order valence-electron chi connectivity index (χ4n) is 4.94. The fraction of sp³-hybridized carbons (Fsp3) is 0.257. The minimum Gasteiger partial charge on any atom is -0.492 e. The molecule has 0 aromatic heterocycles. The zero-order valence-electron chi connectivity index (χ0n) is 25.7. The highest BCUT2D eigenvalue weighted by atomic mass is 35.5. The molecule has 4 aromatic carbocycles. The second kappa shape index (κ2) is 16.5. The molecule has 0 radical (unpaired) electrons. The summed E-state index contributed by atoms with van der Waals surface area (Å²) >= 11 is 12.4. The summed E-state index contributed by atoms with van der Waals surface area (Å²) in [6.07, 6.45) is 0.912. The SMILES string of the molecule is CCCNC(=O)[C@H](Cc1ccccc1)N(Cc1cccc(Cl)c1)C(=O)CN(c1ccccc1OCC)S(=O)(=O)c1ccc(Cl)cc1. The molecular weight excluding hydrogens is 645 g/mol. The molecule has 242 valence electrons. The van der Waals surface area contributed by atoms with Crippen LogP contribution in [0.15, 0.2) is 108 Å². The van der Waals surface area contributed by atoms with E-state index in [1.807, 2.05) is 43.3 Å². The molecule has 1 atom stereocenters. The topological polar surface area (TPSA) is 96.0 Å². The summed E-state index contributed by atoms with van der Waals surface area (Å²) in [5.74, 6) is -0.641. The van der Waals surface area contributed by atoms with E-state index in [0.29, 0.717) is 34.3 Å². The Morgan fingerprint density at radius 3 is 2.17 bits per heavy atom. The van der Waals surface area contributed by atoms with E-state index < -0.39 is 28.5 Å². The second-order valence-electron chi connectivity index (χ2n) is 10.5. The Morgan fingerprint density at radius 1 is 0.826 bits per heavy atom. The van der Waals surface area contributed by atoms with Gasteiger partial charge in [-0.05, 0) is 73.0 Å². The van der Waals surface area contributed by atoms with Gasteiger partial charge in [-0.25, -0.2) is 8.42 Å². The Labute approximate surface area is 280 Å². The molecule has 0 saturated heterocycles. The van der Waals surface area contributed by atoms with Gasteiger partial charge in [-0.1, -0.05) is 84.7 Å². The van der Waals surface area contributed by atoms with Crippen LogP contribution in [0.3, 0.4) is 0 Å². The number of ether oxygens (including phenoxy) is 1. The molecule has 0 fully saturated rings. The number of nitrogens with one attached hydrogen (secondary N) is 1. The van der Waals surface area contributed by atoms with Gasteiger partial charge in [-0.15, -0.1) is 0 Å². The molecule has 1 N–H and O–H groups in total. The molecule has 46 heavy (non-hydrogen) atoms. The fourth-order valence-corrected chi connectivity index (χ4v) is 6.70. The van der Waals surface area contributed by atoms with Crippen molar-refractivity contribution in [2.75, 3.05) is 24.0 Å². The molecule has 11 heteroatoms. The molecule has 0 aliphatic heterocycles. The first-order chi connectivity index (χ1) is 22.1. The molecule has 0 bridgehead atoms. The molecule has 4 rings (SSSR count). The quantitative estimate of drug-likeness (QED) is 0.150. The average molecular weight is 683 g/mol. The van der Waals surface area contributed by atoms with Crippen LogP contribution in [0.25, 0.3) is 0 Å². The predicted molar refractivity (Wildman–Crippen MR) is 183 cm³/mol. The molecule has 8 nitrogen and oxygen atoms in total. The zero-order chi connectivity index (χ0) is 33.1. The Morgan fingerprint density at radius 2 is 1.50 bits per heavy atom. The van der Waals surface area contributed by atoms with Gasteiger partial charge in [0.05, 0.1) is 17.2 Å². The van der Waals surface area contributed by atoms with E-state index in [0.717, 1.165) is 9.87 Å². The first-order valence-electron chi connectivity index (χ1n) is 15.0. The largest absolute Gasteiger partial charge is 0.492 e. The van der Waals surface area contributed by atoms with Crippen molar-refractivity contribution in [3.8, 4) is 5.75 Å². The lowest BCUT2D eigenvalue weighted by Gasteiger charge is -2.34. The van der Waals surface area contributed by atoms with Gasteiger partial charge in [0.15, 0.2) is 0 Å². The number of rotatable bonds is 15. The highest BCUT2D eigenvalue weighted by molar-refractivity contribution is 7.92. The third-order valence-electron chi connectivity index (χ3n) is 7.18. The number of carbonyl (C=O) groups is 2. The molecule has 0 spiro atoms. The van der Waals surface area contributed by atoms with Gasteiger partial charge < -0.3 is 15.0 Å². The Balaban J connectivity index is 1.83. The average Bonchev–Trinajstić information content (AvgIpc) is 3.05. The summed E-state index contributed by atoms with van der Waals surface area (Å²) in [5, 5.41) is 3.77. The van der Waals surface area contributed by atoms with Crippen molar-refractivity contribution < 1.29 is 22.7 Å². The summed E-state index contributed by atoms with van der Waals surface area (Å²) in [6.45, 7) is 3.83. The van der Waals surface area contributed by atoms with Gasteiger partial charge in [0, 0.05) is 29.6 Å². The van der Waals surface area contributed by atoms with E-state index >= 15 is 0 Å². The third-order valence-corrected chi connectivity index (χ3v) is 9.44. The summed E-state index contributed by atoms with van der Waals surface area (Å²) in [7, 11) is -4.31. The smallest absolute Gasteiger partial charge is 0.264 e. The van der Waals surface area contributed by atoms with E-state index in [1.165, 1.54) is 29.2 Å². The van der Waals surface area contributed by atoms with E-state index in [-0.39, 0.29) is 36.1 Å². The molecule has 4 aromatic rings. The summed E-state index contributed by atoms with van der Waals surface area (Å²) in [6, 6.07) is 27.8. The standard InChI is InChI=1S/C35H37Cl2N3O5S/c1-3-21-38-35(42)32(23-26-11-6-5-7-12-26)39(24-27-13-10-14-29(37)22-27)34(41)25-40(31-15-8-9-16-33(31)45-4-2)46(43,44)30-19-17-28(36)18-20-30/h5-20,22,32H,3-4,21,23-25H2,1-2H3,(H,38,42)/t32-/m0/s1. The normalized spacial score (nSPS) is 11.8. The minimum atomic E-state index is -4.31. The van der Waals surface area contributed by atoms with Crippen molar-refractivity contribution in [1.82, 2.24) is 10.2 Å². The molecular formula is C35H37Cl2N3O5S. The lowest BCUT2D eigenvalue weighted by Crippen LogP contribution is -2.53. The van der Waals surface area contributed by atoms with Crippen molar-refractivity contribution in [3.63, 3.8) is 0 Å². The van der Waals surface area contributed by atoms with Crippen molar-refractivity contribution in [2.45, 2.75) is 44.2 Å². The number of para-hydroxylation sites is 2. The number of anilines is 1. The maximum atomic E-state index is 14.6. The Bertz CT molecular complexity index is 1720. The molecule has 0 saturated carbocycles. The van der Waals surface area contributed by atoms with Crippen molar-refractivity contribution >= 4 is 50.7 Å². The molecule has 0 aliphatic carbocycles. The summed E-state index contributed by atoms with van der Waals surface area (Å²) in [4.78, 5) is 29.7. The van der Waals surface area contributed by atoms with Gasteiger partial charge in [-0.2, -0.15) is 0 Å². The van der Waals surface area contributed by atoms with Gasteiger partial charge in [0.2, 0.25) is 11.8 Å². The monoisotopic (exact) mass is 681 g/mol. The van der Waals surface area contributed by atoms with Crippen LogP contribution in [-0.4, -0.2) is 50.9 Å². The first kappa shape index (κ1) is 34.8. The van der Waals surface area contributed by atoms with Crippen LogP contribution in [0.4, 0.5) is 5.69 Å². The Hall–Kier alpha value is -4.05.